The van der Waals surface area contributed by atoms with Crippen molar-refractivity contribution in [2.24, 2.45) is 0 Å². The summed E-state index contributed by atoms with van der Waals surface area (Å²) in [5.74, 6) is -1.29. The Kier molecular flexibility index (Phi) is 4.01. The highest BCUT2D eigenvalue weighted by molar-refractivity contribution is 6.32. The number of halogens is 3. The minimum absolute atomic E-state index is 0.0322. The van der Waals surface area contributed by atoms with Gasteiger partial charge < -0.3 is 4.74 Å². The second-order valence-corrected chi connectivity index (χ2v) is 4.47. The first-order chi connectivity index (χ1) is 9.38. The monoisotopic (exact) mass is 317 g/mol. The van der Waals surface area contributed by atoms with E-state index >= 15 is 0 Å². The maximum absolute atomic E-state index is 13.8. The van der Waals surface area contributed by atoms with E-state index in [4.69, 9.17) is 27.9 Å². The van der Waals surface area contributed by atoms with E-state index in [1.54, 1.807) is 0 Å². The number of nitrogens with zero attached hydrogens (tertiary/aromatic N) is 3. The van der Waals surface area contributed by atoms with Gasteiger partial charge in [0.2, 0.25) is 11.2 Å². The first kappa shape index (κ1) is 14.4. The number of aryl methyl sites for hydroxylation is 1. The lowest BCUT2D eigenvalue weighted by molar-refractivity contribution is -0.385. The van der Waals surface area contributed by atoms with Crippen LogP contribution in [0.15, 0.2) is 18.3 Å². The molecule has 0 spiro atoms. The Balaban J connectivity index is 2.42. The summed E-state index contributed by atoms with van der Waals surface area (Å²) in [6.45, 7) is 1.46. The predicted molar refractivity (Wildman–Crippen MR) is 69.9 cm³/mol. The number of nitro benzene ring substituents is 1. The third-order valence-electron chi connectivity index (χ3n) is 2.34. The molecule has 1 aromatic carbocycles. The van der Waals surface area contributed by atoms with Crippen LogP contribution in [-0.2, 0) is 0 Å². The summed E-state index contributed by atoms with van der Waals surface area (Å²) in [5.41, 5.74) is -0.107. The fourth-order valence-corrected chi connectivity index (χ4v) is 1.68. The zero-order valence-electron chi connectivity index (χ0n) is 9.93. The SMILES string of the molecule is Cc1cc(Oc2nc(Cl)ncc2Cl)c(F)cc1[N+](=O)[O-]. The molecule has 0 aliphatic rings. The molecule has 0 atom stereocenters. The number of hydrogen-bond acceptors (Lipinski definition) is 5. The van der Waals surface area contributed by atoms with Gasteiger partial charge in [-0.3, -0.25) is 10.1 Å². The van der Waals surface area contributed by atoms with Crippen LogP contribution in [0, 0.1) is 22.9 Å². The Morgan fingerprint density at radius 3 is 2.75 bits per heavy atom. The molecule has 6 nitrogen and oxygen atoms in total. The number of aromatic nitrogens is 2. The van der Waals surface area contributed by atoms with Crippen LogP contribution in [0.1, 0.15) is 5.56 Å². The van der Waals surface area contributed by atoms with E-state index in [0.717, 1.165) is 6.07 Å². The van der Waals surface area contributed by atoms with E-state index in [-0.39, 0.29) is 33.2 Å². The smallest absolute Gasteiger partial charge is 0.275 e. The van der Waals surface area contributed by atoms with Crippen molar-refractivity contribution < 1.29 is 14.1 Å². The average Bonchev–Trinajstić information content (AvgIpc) is 2.37. The average molecular weight is 318 g/mol. The van der Waals surface area contributed by atoms with Crippen molar-refractivity contribution in [2.75, 3.05) is 0 Å². The first-order valence-corrected chi connectivity index (χ1v) is 5.94. The number of benzene rings is 1. The van der Waals surface area contributed by atoms with Crippen LogP contribution < -0.4 is 4.74 Å². The van der Waals surface area contributed by atoms with Crippen LogP contribution in [0.3, 0.4) is 0 Å². The van der Waals surface area contributed by atoms with Crippen molar-refractivity contribution in [3.8, 4) is 11.6 Å². The topological polar surface area (TPSA) is 78.2 Å². The van der Waals surface area contributed by atoms with Gasteiger partial charge in [-0.25, -0.2) is 9.37 Å². The first-order valence-electron chi connectivity index (χ1n) is 5.19. The summed E-state index contributed by atoms with van der Waals surface area (Å²) in [5, 5.41) is 10.6. The van der Waals surface area contributed by atoms with E-state index in [1.807, 2.05) is 0 Å². The van der Waals surface area contributed by atoms with Crippen LogP contribution in [0.2, 0.25) is 10.3 Å². The fraction of sp³-hybridized carbons (Fsp3) is 0.0909. The van der Waals surface area contributed by atoms with Gasteiger partial charge >= 0.3 is 0 Å². The van der Waals surface area contributed by atoms with Crippen LogP contribution in [0.5, 0.6) is 11.6 Å². The molecular formula is C11H6Cl2FN3O3. The van der Waals surface area contributed by atoms with E-state index < -0.39 is 10.7 Å². The van der Waals surface area contributed by atoms with Gasteiger partial charge in [0, 0.05) is 5.56 Å². The maximum atomic E-state index is 13.8. The van der Waals surface area contributed by atoms with Gasteiger partial charge in [0.15, 0.2) is 11.6 Å². The Labute approximate surface area is 122 Å². The highest BCUT2D eigenvalue weighted by atomic mass is 35.5. The summed E-state index contributed by atoms with van der Waals surface area (Å²) < 4.78 is 18.9. The Morgan fingerprint density at radius 1 is 1.40 bits per heavy atom. The molecule has 0 radical (unpaired) electrons. The molecule has 0 unspecified atom stereocenters. The number of nitro groups is 1. The minimum atomic E-state index is -0.909. The van der Waals surface area contributed by atoms with Gasteiger partial charge in [0.25, 0.3) is 5.69 Å². The summed E-state index contributed by atoms with van der Waals surface area (Å²) in [6, 6.07) is 1.95. The molecule has 1 heterocycles. The van der Waals surface area contributed by atoms with Crippen molar-refractivity contribution in [1.29, 1.82) is 0 Å². The second-order valence-electron chi connectivity index (χ2n) is 3.72. The molecule has 0 N–H and O–H groups in total. The molecule has 9 heteroatoms. The van der Waals surface area contributed by atoms with E-state index in [9.17, 15) is 14.5 Å². The summed E-state index contributed by atoms with van der Waals surface area (Å²) >= 11 is 11.4. The van der Waals surface area contributed by atoms with Crippen molar-refractivity contribution >= 4 is 28.9 Å². The molecule has 0 saturated carbocycles. The predicted octanol–water partition coefficient (Wildman–Crippen LogP) is 3.93. The molecule has 0 aliphatic carbocycles. The lowest BCUT2D eigenvalue weighted by atomic mass is 10.2. The number of ether oxygens (including phenoxy) is 1. The molecule has 104 valence electrons. The Hall–Kier alpha value is -1.99. The summed E-state index contributed by atoms with van der Waals surface area (Å²) in [6.07, 6.45) is 1.20. The maximum Gasteiger partial charge on any atom is 0.275 e. The van der Waals surface area contributed by atoms with Gasteiger partial charge in [-0.2, -0.15) is 4.98 Å². The fourth-order valence-electron chi connectivity index (χ4n) is 1.43. The van der Waals surface area contributed by atoms with Crippen LogP contribution in [-0.4, -0.2) is 14.9 Å². The molecule has 0 aliphatic heterocycles. The molecule has 0 saturated heterocycles. The molecule has 20 heavy (non-hydrogen) atoms. The molecule has 0 amide bonds. The van der Waals surface area contributed by atoms with Crippen LogP contribution in [0.25, 0.3) is 0 Å². The van der Waals surface area contributed by atoms with Gasteiger partial charge in [0.1, 0.15) is 5.02 Å². The molecule has 2 aromatic rings. The largest absolute Gasteiger partial charge is 0.434 e. The van der Waals surface area contributed by atoms with E-state index in [2.05, 4.69) is 9.97 Å². The van der Waals surface area contributed by atoms with Crippen LogP contribution in [0.4, 0.5) is 10.1 Å². The van der Waals surface area contributed by atoms with Crippen molar-refractivity contribution in [3.63, 3.8) is 0 Å². The normalized spacial score (nSPS) is 10.4. The Bertz CT molecular complexity index is 697. The number of hydrogen-bond donors (Lipinski definition) is 0. The zero-order valence-corrected chi connectivity index (χ0v) is 11.4. The number of rotatable bonds is 3. The van der Waals surface area contributed by atoms with Crippen molar-refractivity contribution in [1.82, 2.24) is 9.97 Å². The van der Waals surface area contributed by atoms with E-state index in [1.165, 1.54) is 19.2 Å². The molecule has 0 bridgehead atoms. The summed E-state index contributed by atoms with van der Waals surface area (Å²) in [4.78, 5) is 17.3. The van der Waals surface area contributed by atoms with Crippen LogP contribution >= 0.6 is 23.2 Å². The van der Waals surface area contributed by atoms with Crippen molar-refractivity contribution in [2.45, 2.75) is 6.92 Å². The standard InChI is InChI=1S/C11H6Cl2FN3O3/c1-5-2-9(7(14)3-8(5)17(18)19)20-10-6(12)4-15-11(13)16-10/h2-4H,1H3. The van der Waals surface area contributed by atoms with Gasteiger partial charge in [-0.05, 0) is 24.6 Å². The van der Waals surface area contributed by atoms with E-state index in [0.29, 0.717) is 0 Å². The lowest BCUT2D eigenvalue weighted by Gasteiger charge is -2.08. The molecule has 1 aromatic heterocycles. The quantitative estimate of drug-likeness (QED) is 0.487. The van der Waals surface area contributed by atoms with Crippen molar-refractivity contribution in [3.05, 3.63) is 50.1 Å². The van der Waals surface area contributed by atoms with Gasteiger partial charge in [0.05, 0.1) is 17.2 Å². The third-order valence-corrected chi connectivity index (χ3v) is 2.78. The highest BCUT2D eigenvalue weighted by Gasteiger charge is 2.18. The molecule has 2 rings (SSSR count). The minimum Gasteiger partial charge on any atom is -0.434 e. The molecular weight excluding hydrogens is 312 g/mol. The van der Waals surface area contributed by atoms with Gasteiger partial charge in [-0.1, -0.05) is 11.6 Å². The zero-order chi connectivity index (χ0) is 14.9. The molecule has 0 fully saturated rings. The lowest BCUT2D eigenvalue weighted by Crippen LogP contribution is -1.97. The Morgan fingerprint density at radius 2 is 2.10 bits per heavy atom. The highest BCUT2D eigenvalue weighted by Crippen LogP contribution is 2.32. The summed E-state index contributed by atoms with van der Waals surface area (Å²) in [7, 11) is 0. The second kappa shape index (κ2) is 5.56. The van der Waals surface area contributed by atoms with Gasteiger partial charge in [-0.15, -0.1) is 0 Å². The third kappa shape index (κ3) is 2.94.